The van der Waals surface area contributed by atoms with Gasteiger partial charge in [0.05, 0.1) is 23.0 Å². The number of hydrogen-bond acceptors (Lipinski definition) is 4. The fourth-order valence-corrected chi connectivity index (χ4v) is 3.12. The van der Waals surface area contributed by atoms with E-state index < -0.39 is 17.4 Å². The van der Waals surface area contributed by atoms with Crippen molar-refractivity contribution in [3.05, 3.63) is 54.9 Å². The number of nitrogens with one attached hydrogen (secondary N) is 2. The number of carbonyl (C=O) groups excluding carboxylic acids is 2. The Hall–Kier alpha value is -3.35. The average molecular weight is 364 g/mol. The third-order valence-corrected chi connectivity index (χ3v) is 4.70. The van der Waals surface area contributed by atoms with Gasteiger partial charge in [0.25, 0.3) is 17.4 Å². The lowest BCUT2D eigenvalue weighted by atomic mass is 10.0. The third kappa shape index (κ3) is 3.12. The number of anilines is 1. The summed E-state index contributed by atoms with van der Waals surface area (Å²) in [5.41, 5.74) is 0.984. The Labute approximate surface area is 156 Å². The van der Waals surface area contributed by atoms with Crippen LogP contribution in [0.25, 0.3) is 11.0 Å². The van der Waals surface area contributed by atoms with Crippen LogP contribution < -0.4 is 15.4 Å². The minimum absolute atomic E-state index is 0.430. The molecular weight excluding hydrogens is 344 g/mol. The molecule has 0 spiro atoms. The van der Waals surface area contributed by atoms with Crippen molar-refractivity contribution in [2.24, 2.45) is 0 Å². The standard InChI is InChI=1S/C20H20N4O3/c1-20(19(26)23-15-8-3-5-10-17(15)27-20)18(25)21-11-6-12-24-13-22-14-7-2-4-9-16(14)24/h2-5,7-10,13H,6,11-12H2,1H3,(H,21,25)(H,23,26). The molecule has 1 aliphatic heterocycles. The Balaban J connectivity index is 1.36. The maximum absolute atomic E-state index is 12.6. The number of ether oxygens (including phenoxy) is 1. The highest BCUT2D eigenvalue weighted by Gasteiger charge is 2.46. The SMILES string of the molecule is CC1(C(=O)NCCCn2cnc3ccccc32)Oc2ccccc2NC1=O. The van der Waals surface area contributed by atoms with E-state index in [1.165, 1.54) is 6.92 Å². The van der Waals surface area contributed by atoms with E-state index >= 15 is 0 Å². The van der Waals surface area contributed by atoms with Gasteiger partial charge in [0.1, 0.15) is 5.75 Å². The first-order chi connectivity index (χ1) is 13.1. The Kier molecular flexibility index (Phi) is 4.27. The van der Waals surface area contributed by atoms with Gasteiger partial charge in [-0.25, -0.2) is 4.98 Å². The number of para-hydroxylation sites is 4. The molecule has 0 radical (unpaired) electrons. The first-order valence-electron chi connectivity index (χ1n) is 8.85. The van der Waals surface area contributed by atoms with E-state index in [4.69, 9.17) is 4.74 Å². The van der Waals surface area contributed by atoms with Gasteiger partial charge in [-0.2, -0.15) is 0 Å². The highest BCUT2D eigenvalue weighted by Crippen LogP contribution is 2.33. The molecule has 0 aliphatic carbocycles. The topological polar surface area (TPSA) is 85.2 Å². The van der Waals surface area contributed by atoms with Crippen molar-refractivity contribution >= 4 is 28.5 Å². The van der Waals surface area contributed by atoms with Crippen LogP contribution in [0.4, 0.5) is 5.69 Å². The van der Waals surface area contributed by atoms with Crippen molar-refractivity contribution in [1.82, 2.24) is 14.9 Å². The zero-order valence-electron chi connectivity index (χ0n) is 14.9. The lowest BCUT2D eigenvalue weighted by Gasteiger charge is -2.33. The summed E-state index contributed by atoms with van der Waals surface area (Å²) >= 11 is 0. The molecule has 7 nitrogen and oxygen atoms in total. The molecule has 2 N–H and O–H groups in total. The highest BCUT2D eigenvalue weighted by atomic mass is 16.5. The number of hydrogen-bond donors (Lipinski definition) is 2. The van der Waals surface area contributed by atoms with Gasteiger partial charge in [0, 0.05) is 13.1 Å². The lowest BCUT2D eigenvalue weighted by molar-refractivity contribution is -0.146. The summed E-state index contributed by atoms with van der Waals surface area (Å²) in [5.74, 6) is -0.441. The second-order valence-electron chi connectivity index (χ2n) is 6.62. The van der Waals surface area contributed by atoms with Crippen LogP contribution in [0.1, 0.15) is 13.3 Å². The monoisotopic (exact) mass is 364 g/mol. The first kappa shape index (κ1) is 17.1. The van der Waals surface area contributed by atoms with Gasteiger partial charge < -0.3 is 19.9 Å². The number of benzene rings is 2. The molecule has 138 valence electrons. The molecule has 0 bridgehead atoms. The van der Waals surface area contributed by atoms with E-state index in [2.05, 4.69) is 15.6 Å². The van der Waals surface area contributed by atoms with Crippen molar-refractivity contribution in [3.8, 4) is 5.75 Å². The molecule has 0 saturated carbocycles. The zero-order chi connectivity index (χ0) is 18.9. The van der Waals surface area contributed by atoms with Gasteiger partial charge in [-0.1, -0.05) is 24.3 Å². The van der Waals surface area contributed by atoms with E-state index in [1.807, 2.05) is 28.8 Å². The van der Waals surface area contributed by atoms with Crippen LogP contribution in [-0.4, -0.2) is 33.5 Å². The van der Waals surface area contributed by atoms with E-state index in [1.54, 1.807) is 30.6 Å². The van der Waals surface area contributed by atoms with Crippen LogP contribution in [0.3, 0.4) is 0 Å². The van der Waals surface area contributed by atoms with Gasteiger partial charge in [0.15, 0.2) is 0 Å². The molecule has 4 rings (SSSR count). The smallest absolute Gasteiger partial charge is 0.278 e. The largest absolute Gasteiger partial charge is 0.466 e. The van der Waals surface area contributed by atoms with Crippen molar-refractivity contribution in [2.45, 2.75) is 25.5 Å². The van der Waals surface area contributed by atoms with Crippen LogP contribution in [0.15, 0.2) is 54.9 Å². The van der Waals surface area contributed by atoms with Gasteiger partial charge in [-0.15, -0.1) is 0 Å². The summed E-state index contributed by atoms with van der Waals surface area (Å²) in [5, 5.41) is 5.53. The Bertz CT molecular complexity index is 1010. The number of rotatable bonds is 5. The maximum atomic E-state index is 12.6. The Morgan fingerprint density at radius 1 is 1.22 bits per heavy atom. The molecular formula is C20H20N4O3. The average Bonchev–Trinajstić information content (AvgIpc) is 3.09. The van der Waals surface area contributed by atoms with Crippen LogP contribution >= 0.6 is 0 Å². The molecule has 2 heterocycles. The van der Waals surface area contributed by atoms with Crippen molar-refractivity contribution in [3.63, 3.8) is 0 Å². The Morgan fingerprint density at radius 3 is 2.89 bits per heavy atom. The number of nitrogens with zero attached hydrogens (tertiary/aromatic N) is 2. The predicted octanol–water partition coefficient (Wildman–Crippen LogP) is 2.33. The molecule has 1 aromatic heterocycles. The molecule has 7 heteroatoms. The summed E-state index contributed by atoms with van der Waals surface area (Å²) in [6, 6.07) is 15.0. The fraction of sp³-hybridized carbons (Fsp3) is 0.250. The van der Waals surface area contributed by atoms with Crippen LogP contribution in [-0.2, 0) is 16.1 Å². The molecule has 1 unspecified atom stereocenters. The summed E-state index contributed by atoms with van der Waals surface area (Å²) in [4.78, 5) is 29.3. The highest BCUT2D eigenvalue weighted by molar-refractivity contribution is 6.15. The summed E-state index contributed by atoms with van der Waals surface area (Å²) in [7, 11) is 0. The second-order valence-corrected chi connectivity index (χ2v) is 6.62. The van der Waals surface area contributed by atoms with Gasteiger partial charge in [-0.05, 0) is 37.6 Å². The molecule has 0 saturated heterocycles. The molecule has 2 aromatic carbocycles. The van der Waals surface area contributed by atoms with Crippen molar-refractivity contribution in [1.29, 1.82) is 0 Å². The molecule has 27 heavy (non-hydrogen) atoms. The van der Waals surface area contributed by atoms with Gasteiger partial charge >= 0.3 is 0 Å². The number of amides is 2. The van der Waals surface area contributed by atoms with Crippen LogP contribution in [0, 0.1) is 0 Å². The lowest BCUT2D eigenvalue weighted by Crippen LogP contribution is -2.58. The minimum Gasteiger partial charge on any atom is -0.466 e. The predicted molar refractivity (Wildman–Crippen MR) is 101 cm³/mol. The molecule has 0 fully saturated rings. The number of aryl methyl sites for hydroxylation is 1. The van der Waals surface area contributed by atoms with Crippen molar-refractivity contribution in [2.75, 3.05) is 11.9 Å². The Morgan fingerprint density at radius 2 is 2.00 bits per heavy atom. The normalized spacial score (nSPS) is 18.5. The van der Waals surface area contributed by atoms with Crippen molar-refractivity contribution < 1.29 is 14.3 Å². The number of imidazole rings is 1. The van der Waals surface area contributed by atoms with Gasteiger partial charge in [0.2, 0.25) is 0 Å². The minimum atomic E-state index is -1.59. The molecule has 2 amide bonds. The summed E-state index contributed by atoms with van der Waals surface area (Å²) in [6.07, 6.45) is 2.50. The van der Waals surface area contributed by atoms with E-state index in [-0.39, 0.29) is 0 Å². The number of aromatic nitrogens is 2. The summed E-state index contributed by atoms with van der Waals surface area (Å²) < 4.78 is 7.76. The zero-order valence-corrected chi connectivity index (χ0v) is 14.9. The first-order valence-corrected chi connectivity index (χ1v) is 8.85. The quantitative estimate of drug-likeness (QED) is 0.537. The fourth-order valence-electron chi connectivity index (χ4n) is 3.12. The number of carbonyl (C=O) groups is 2. The second kappa shape index (κ2) is 6.75. The van der Waals surface area contributed by atoms with E-state index in [9.17, 15) is 9.59 Å². The van der Waals surface area contributed by atoms with Crippen LogP contribution in [0.2, 0.25) is 0 Å². The number of fused-ring (bicyclic) bond motifs is 2. The maximum Gasteiger partial charge on any atom is 0.278 e. The van der Waals surface area contributed by atoms with E-state index in [0.29, 0.717) is 30.9 Å². The summed E-state index contributed by atoms with van der Waals surface area (Å²) in [6.45, 7) is 2.63. The van der Waals surface area contributed by atoms with Gasteiger partial charge in [-0.3, -0.25) is 9.59 Å². The van der Waals surface area contributed by atoms with E-state index in [0.717, 1.165) is 11.0 Å². The molecule has 1 aliphatic rings. The molecule has 1 atom stereocenters. The molecule has 3 aromatic rings. The van der Waals surface area contributed by atoms with Crippen LogP contribution in [0.5, 0.6) is 5.75 Å². The third-order valence-electron chi connectivity index (χ3n) is 4.70.